The molecule has 4 heteroatoms. The third kappa shape index (κ3) is 3.38. The van der Waals surface area contributed by atoms with Gasteiger partial charge in [-0.25, -0.2) is 0 Å². The summed E-state index contributed by atoms with van der Waals surface area (Å²) in [6.45, 7) is 3.15. The fraction of sp³-hybridized carbons (Fsp3) is 0.625. The Balaban J connectivity index is 1.99. The molecule has 1 aliphatic heterocycles. The predicted octanol–water partition coefficient (Wildman–Crippen LogP) is 1.20. The molecule has 1 heterocycles. The lowest BCUT2D eigenvalue weighted by atomic mass is 9.87. The van der Waals surface area contributed by atoms with Gasteiger partial charge in [0.25, 0.3) is 0 Å². The van der Waals surface area contributed by atoms with Gasteiger partial charge in [-0.2, -0.15) is 0 Å². The molecule has 4 nitrogen and oxygen atoms in total. The maximum absolute atomic E-state index is 9.90. The van der Waals surface area contributed by atoms with Crippen LogP contribution in [0.2, 0.25) is 0 Å². The van der Waals surface area contributed by atoms with Crippen LogP contribution in [0.3, 0.4) is 0 Å². The first kappa shape index (κ1) is 15.4. The largest absolute Gasteiger partial charge is 0.394 e. The minimum atomic E-state index is -0.355. The normalized spacial score (nSPS) is 22.9. The maximum Gasteiger partial charge on any atom is 0.0710 e. The van der Waals surface area contributed by atoms with Crippen molar-refractivity contribution in [1.82, 2.24) is 10.2 Å². The smallest absolute Gasteiger partial charge is 0.0710 e. The van der Waals surface area contributed by atoms with Crippen LogP contribution in [-0.4, -0.2) is 56.5 Å². The van der Waals surface area contributed by atoms with Crippen LogP contribution in [0.1, 0.15) is 18.4 Å². The monoisotopic (exact) mass is 278 g/mol. The molecule has 0 saturated carbocycles. The topological polar surface area (TPSA) is 44.7 Å². The van der Waals surface area contributed by atoms with E-state index in [-0.39, 0.29) is 12.1 Å². The number of hydrogen-bond donors (Lipinski definition) is 2. The third-order valence-corrected chi connectivity index (χ3v) is 4.49. The van der Waals surface area contributed by atoms with Crippen molar-refractivity contribution < 1.29 is 9.84 Å². The van der Waals surface area contributed by atoms with Crippen LogP contribution < -0.4 is 5.32 Å². The molecule has 0 amide bonds. The second-order valence-electron chi connectivity index (χ2n) is 5.55. The maximum atomic E-state index is 9.90. The summed E-state index contributed by atoms with van der Waals surface area (Å²) in [6.07, 6.45) is 2.36. The average molecular weight is 278 g/mol. The summed E-state index contributed by atoms with van der Waals surface area (Å²) in [6, 6.07) is 10.2. The minimum Gasteiger partial charge on any atom is -0.394 e. The molecule has 1 aromatic carbocycles. The van der Waals surface area contributed by atoms with Crippen molar-refractivity contribution in [2.45, 2.75) is 24.5 Å². The first-order valence-corrected chi connectivity index (χ1v) is 7.34. The molecule has 1 saturated heterocycles. The molecular formula is C16H26N2O2. The summed E-state index contributed by atoms with van der Waals surface area (Å²) in [4.78, 5) is 2.42. The highest BCUT2D eigenvalue weighted by Gasteiger charge is 2.31. The van der Waals surface area contributed by atoms with Crippen LogP contribution in [-0.2, 0) is 10.3 Å². The molecule has 2 unspecified atom stereocenters. The van der Waals surface area contributed by atoms with E-state index in [0.717, 1.165) is 38.0 Å². The Morgan fingerprint density at radius 2 is 2.15 bits per heavy atom. The molecule has 0 spiro atoms. The molecule has 112 valence electrons. The van der Waals surface area contributed by atoms with Crippen molar-refractivity contribution in [1.29, 1.82) is 0 Å². The van der Waals surface area contributed by atoms with Crippen LogP contribution in [0.5, 0.6) is 0 Å². The van der Waals surface area contributed by atoms with E-state index in [0.29, 0.717) is 6.10 Å². The SMILES string of the molecule is CNC(CO)(CCN1CCC(OC)C1)c1ccccc1. The molecule has 2 atom stereocenters. The van der Waals surface area contributed by atoms with Gasteiger partial charge in [0, 0.05) is 26.7 Å². The number of nitrogens with one attached hydrogen (secondary N) is 1. The zero-order chi connectivity index (χ0) is 14.4. The van der Waals surface area contributed by atoms with Crippen LogP contribution in [0.15, 0.2) is 30.3 Å². The summed E-state index contributed by atoms with van der Waals surface area (Å²) in [5.74, 6) is 0. The molecule has 1 aliphatic rings. The summed E-state index contributed by atoms with van der Waals surface area (Å²) in [5, 5.41) is 13.2. The van der Waals surface area contributed by atoms with Crippen molar-refractivity contribution in [3.05, 3.63) is 35.9 Å². The summed E-state index contributed by atoms with van der Waals surface area (Å²) < 4.78 is 5.40. The predicted molar refractivity (Wildman–Crippen MR) is 80.7 cm³/mol. The summed E-state index contributed by atoms with van der Waals surface area (Å²) in [5.41, 5.74) is 0.791. The number of aliphatic hydroxyl groups is 1. The lowest BCUT2D eigenvalue weighted by Crippen LogP contribution is -2.46. The van der Waals surface area contributed by atoms with Gasteiger partial charge in [0.05, 0.1) is 18.2 Å². The van der Waals surface area contributed by atoms with Crippen LogP contribution in [0.25, 0.3) is 0 Å². The molecular weight excluding hydrogens is 252 g/mol. The Morgan fingerprint density at radius 3 is 2.70 bits per heavy atom. The van der Waals surface area contributed by atoms with Gasteiger partial charge in [-0.15, -0.1) is 0 Å². The second-order valence-corrected chi connectivity index (χ2v) is 5.55. The number of rotatable bonds is 7. The van der Waals surface area contributed by atoms with Gasteiger partial charge in [0.2, 0.25) is 0 Å². The molecule has 0 bridgehead atoms. The van der Waals surface area contributed by atoms with Gasteiger partial charge >= 0.3 is 0 Å². The summed E-state index contributed by atoms with van der Waals surface area (Å²) >= 11 is 0. The highest BCUT2D eigenvalue weighted by Crippen LogP contribution is 2.25. The Hall–Kier alpha value is -0.940. The zero-order valence-corrected chi connectivity index (χ0v) is 12.5. The van der Waals surface area contributed by atoms with Gasteiger partial charge in [0.1, 0.15) is 0 Å². The fourth-order valence-electron chi connectivity index (χ4n) is 2.96. The standard InChI is InChI=1S/C16H26N2O2/c1-17-16(13-19,14-6-4-3-5-7-14)9-11-18-10-8-15(12-18)20-2/h3-7,15,17,19H,8-13H2,1-2H3. The van der Waals surface area contributed by atoms with Crippen molar-refractivity contribution in [3.8, 4) is 0 Å². The number of hydrogen-bond acceptors (Lipinski definition) is 4. The van der Waals surface area contributed by atoms with E-state index in [4.69, 9.17) is 4.74 Å². The fourth-order valence-corrected chi connectivity index (χ4v) is 2.96. The number of likely N-dealkylation sites (tertiary alicyclic amines) is 1. The molecule has 0 radical (unpaired) electrons. The van der Waals surface area contributed by atoms with E-state index in [1.165, 1.54) is 0 Å². The number of nitrogens with zero attached hydrogens (tertiary/aromatic N) is 1. The van der Waals surface area contributed by atoms with Crippen molar-refractivity contribution in [2.75, 3.05) is 40.4 Å². The number of aliphatic hydroxyl groups excluding tert-OH is 1. The minimum absolute atomic E-state index is 0.106. The molecule has 0 aliphatic carbocycles. The van der Waals surface area contributed by atoms with Crippen LogP contribution >= 0.6 is 0 Å². The van der Waals surface area contributed by atoms with E-state index in [1.54, 1.807) is 7.11 Å². The quantitative estimate of drug-likeness (QED) is 0.787. The van der Waals surface area contributed by atoms with E-state index in [1.807, 2.05) is 25.2 Å². The highest BCUT2D eigenvalue weighted by molar-refractivity contribution is 5.24. The van der Waals surface area contributed by atoms with Gasteiger partial charge in [-0.3, -0.25) is 0 Å². The van der Waals surface area contributed by atoms with E-state index >= 15 is 0 Å². The Kier molecular flexibility index (Phi) is 5.54. The van der Waals surface area contributed by atoms with Crippen LogP contribution in [0.4, 0.5) is 0 Å². The number of ether oxygens (including phenoxy) is 1. The first-order chi connectivity index (χ1) is 9.74. The highest BCUT2D eigenvalue weighted by atomic mass is 16.5. The van der Waals surface area contributed by atoms with E-state index < -0.39 is 0 Å². The van der Waals surface area contributed by atoms with Gasteiger partial charge in [-0.05, 0) is 25.5 Å². The number of methoxy groups -OCH3 is 1. The Bertz CT molecular complexity index is 393. The average Bonchev–Trinajstić information content (AvgIpc) is 2.98. The Labute approximate surface area is 121 Å². The molecule has 2 rings (SSSR count). The molecule has 0 aromatic heterocycles. The molecule has 2 N–H and O–H groups in total. The Morgan fingerprint density at radius 1 is 1.40 bits per heavy atom. The first-order valence-electron chi connectivity index (χ1n) is 7.34. The second kappa shape index (κ2) is 7.18. The summed E-state index contributed by atoms with van der Waals surface area (Å²) in [7, 11) is 3.70. The molecule has 1 aromatic rings. The van der Waals surface area contributed by atoms with Crippen molar-refractivity contribution >= 4 is 0 Å². The van der Waals surface area contributed by atoms with Crippen molar-refractivity contribution in [2.24, 2.45) is 0 Å². The van der Waals surface area contributed by atoms with Gasteiger partial charge in [0.15, 0.2) is 0 Å². The molecule has 1 fully saturated rings. The number of likely N-dealkylation sites (N-methyl/N-ethyl adjacent to an activating group) is 1. The zero-order valence-electron chi connectivity index (χ0n) is 12.5. The van der Waals surface area contributed by atoms with E-state index in [9.17, 15) is 5.11 Å². The molecule has 20 heavy (non-hydrogen) atoms. The lowest BCUT2D eigenvalue weighted by molar-refractivity contribution is 0.102. The van der Waals surface area contributed by atoms with Gasteiger partial charge in [-0.1, -0.05) is 30.3 Å². The van der Waals surface area contributed by atoms with E-state index in [2.05, 4.69) is 22.3 Å². The lowest BCUT2D eigenvalue weighted by Gasteiger charge is -2.34. The third-order valence-electron chi connectivity index (χ3n) is 4.49. The van der Waals surface area contributed by atoms with Gasteiger partial charge < -0.3 is 20.1 Å². The van der Waals surface area contributed by atoms with Crippen molar-refractivity contribution in [3.63, 3.8) is 0 Å². The number of benzene rings is 1. The van der Waals surface area contributed by atoms with Crippen LogP contribution in [0, 0.1) is 0 Å².